The van der Waals surface area contributed by atoms with E-state index in [9.17, 15) is 24.3 Å². The molecule has 0 aliphatic carbocycles. The molecule has 3 amide bonds. The molecule has 1 saturated heterocycles. The van der Waals surface area contributed by atoms with Crippen molar-refractivity contribution >= 4 is 23.9 Å². The van der Waals surface area contributed by atoms with Crippen molar-refractivity contribution < 1.29 is 29.0 Å². The number of likely N-dealkylation sites (tertiary alicyclic amines) is 1. The summed E-state index contributed by atoms with van der Waals surface area (Å²) in [6, 6.07) is -1.77. The van der Waals surface area contributed by atoms with E-state index in [2.05, 4.69) is 10.6 Å². The highest BCUT2D eigenvalue weighted by molar-refractivity contribution is 5.87. The first-order chi connectivity index (χ1) is 13.4. The van der Waals surface area contributed by atoms with Crippen molar-refractivity contribution in [2.24, 2.45) is 11.8 Å². The zero-order valence-electron chi connectivity index (χ0n) is 18.2. The molecule has 0 aromatic carbocycles. The SMILES string of the molecule is CC[C@H](C)[C@H](NC(=O)OC(C)(C)C)C(=O)N1CCC(C(=O)N[C@@H](C)C(=O)[O-])CC1. The van der Waals surface area contributed by atoms with Crippen LogP contribution in [0.5, 0.6) is 0 Å². The van der Waals surface area contributed by atoms with Crippen LogP contribution in [0.1, 0.15) is 60.8 Å². The lowest BCUT2D eigenvalue weighted by Crippen LogP contribution is -2.55. The van der Waals surface area contributed by atoms with Gasteiger partial charge < -0.3 is 30.2 Å². The lowest BCUT2D eigenvalue weighted by atomic mass is 9.93. The zero-order chi connectivity index (χ0) is 22.4. The predicted octanol–water partition coefficient (Wildman–Crippen LogP) is 0.419. The molecule has 1 rings (SSSR count). The van der Waals surface area contributed by atoms with E-state index >= 15 is 0 Å². The fraction of sp³-hybridized carbons (Fsp3) is 0.800. The summed E-state index contributed by atoms with van der Waals surface area (Å²) in [6.07, 6.45) is 0.918. The van der Waals surface area contributed by atoms with Gasteiger partial charge in [-0.3, -0.25) is 9.59 Å². The fourth-order valence-electron chi connectivity index (χ4n) is 3.07. The highest BCUT2D eigenvalue weighted by Gasteiger charge is 2.34. The van der Waals surface area contributed by atoms with Gasteiger partial charge in [-0.15, -0.1) is 0 Å². The fourth-order valence-corrected chi connectivity index (χ4v) is 3.07. The maximum atomic E-state index is 13.0. The van der Waals surface area contributed by atoms with Gasteiger partial charge in [0.1, 0.15) is 11.6 Å². The Kier molecular flexibility index (Phi) is 8.91. The standard InChI is InChI=1S/C20H35N3O6/c1-7-12(2)15(22-19(28)29-20(4,5)6)17(25)23-10-8-14(9-11-23)16(24)21-13(3)18(26)27/h12-15H,7-11H2,1-6H3,(H,21,24)(H,22,28)(H,26,27)/p-1/t12-,13-,15-/m0/s1. The maximum absolute atomic E-state index is 13.0. The van der Waals surface area contributed by atoms with Crippen LogP contribution in [0, 0.1) is 11.8 Å². The molecular weight excluding hydrogens is 378 g/mol. The summed E-state index contributed by atoms with van der Waals surface area (Å²) in [7, 11) is 0. The normalized spacial score (nSPS) is 18.3. The third kappa shape index (κ3) is 7.91. The minimum Gasteiger partial charge on any atom is -0.548 e. The minimum absolute atomic E-state index is 0.0834. The molecule has 0 radical (unpaired) electrons. The van der Waals surface area contributed by atoms with Crippen LogP contribution < -0.4 is 15.7 Å². The van der Waals surface area contributed by atoms with Crippen LogP contribution in [0.25, 0.3) is 0 Å². The second-order valence-corrected chi connectivity index (χ2v) is 8.66. The molecule has 1 fully saturated rings. The van der Waals surface area contributed by atoms with Gasteiger partial charge in [0.2, 0.25) is 11.8 Å². The van der Waals surface area contributed by atoms with E-state index in [0.717, 1.165) is 0 Å². The second-order valence-electron chi connectivity index (χ2n) is 8.66. The van der Waals surface area contributed by atoms with Crippen LogP contribution in [-0.2, 0) is 19.1 Å². The van der Waals surface area contributed by atoms with Gasteiger partial charge in [-0.1, -0.05) is 20.3 Å². The first kappa shape index (κ1) is 24.7. The number of carbonyl (C=O) groups is 4. The second kappa shape index (κ2) is 10.5. The molecule has 1 heterocycles. The number of piperidine rings is 1. The smallest absolute Gasteiger partial charge is 0.408 e. The lowest BCUT2D eigenvalue weighted by Gasteiger charge is -2.36. The van der Waals surface area contributed by atoms with E-state index in [1.54, 1.807) is 25.7 Å². The van der Waals surface area contributed by atoms with Crippen molar-refractivity contribution in [2.45, 2.75) is 78.5 Å². The van der Waals surface area contributed by atoms with E-state index in [1.807, 2.05) is 13.8 Å². The summed E-state index contributed by atoms with van der Waals surface area (Å²) in [5, 5.41) is 15.9. The number of alkyl carbamates (subject to hydrolysis) is 1. The summed E-state index contributed by atoms with van der Waals surface area (Å²) in [6.45, 7) is 11.2. The van der Waals surface area contributed by atoms with Crippen LogP contribution in [0.2, 0.25) is 0 Å². The van der Waals surface area contributed by atoms with E-state index in [0.29, 0.717) is 32.4 Å². The van der Waals surface area contributed by atoms with E-state index < -0.39 is 29.7 Å². The van der Waals surface area contributed by atoms with Gasteiger partial charge in [0.05, 0.1) is 12.0 Å². The molecule has 9 heteroatoms. The highest BCUT2D eigenvalue weighted by atomic mass is 16.6. The molecule has 29 heavy (non-hydrogen) atoms. The molecule has 166 valence electrons. The predicted molar refractivity (Wildman–Crippen MR) is 105 cm³/mol. The van der Waals surface area contributed by atoms with E-state index in [1.165, 1.54) is 6.92 Å². The summed E-state index contributed by atoms with van der Waals surface area (Å²) in [5.41, 5.74) is -0.665. The molecule has 3 atom stereocenters. The summed E-state index contributed by atoms with van der Waals surface area (Å²) in [5.74, 6) is -2.33. The molecule has 2 N–H and O–H groups in total. The average Bonchev–Trinajstić information content (AvgIpc) is 2.63. The number of carboxylic acids is 1. The van der Waals surface area contributed by atoms with Gasteiger partial charge in [-0.2, -0.15) is 0 Å². The lowest BCUT2D eigenvalue weighted by molar-refractivity contribution is -0.307. The summed E-state index contributed by atoms with van der Waals surface area (Å²) in [4.78, 5) is 49.8. The number of carbonyl (C=O) groups excluding carboxylic acids is 4. The number of ether oxygens (including phenoxy) is 1. The van der Waals surface area contributed by atoms with E-state index in [-0.39, 0.29) is 23.7 Å². The topological polar surface area (TPSA) is 128 Å². The molecule has 0 spiro atoms. The van der Waals surface area contributed by atoms with Gasteiger partial charge in [0.15, 0.2) is 0 Å². The van der Waals surface area contributed by atoms with Gasteiger partial charge in [-0.25, -0.2) is 4.79 Å². The number of nitrogens with one attached hydrogen (secondary N) is 2. The number of rotatable bonds is 7. The molecule has 1 aliphatic rings. The molecule has 1 aliphatic heterocycles. The highest BCUT2D eigenvalue weighted by Crippen LogP contribution is 2.21. The van der Waals surface area contributed by atoms with Crippen LogP contribution in [0.4, 0.5) is 4.79 Å². The summed E-state index contributed by atoms with van der Waals surface area (Å²) >= 11 is 0. The monoisotopic (exact) mass is 412 g/mol. The molecule has 0 bridgehead atoms. The Labute approximate surface area is 172 Å². The number of amides is 3. The van der Waals surface area contributed by atoms with Crippen molar-refractivity contribution in [1.82, 2.24) is 15.5 Å². The Bertz CT molecular complexity index is 608. The van der Waals surface area contributed by atoms with Crippen LogP contribution in [-0.4, -0.2) is 59.6 Å². The molecule has 0 saturated carbocycles. The van der Waals surface area contributed by atoms with Gasteiger partial charge in [0, 0.05) is 19.0 Å². The molecule has 0 unspecified atom stereocenters. The van der Waals surface area contributed by atoms with Crippen molar-refractivity contribution in [3.05, 3.63) is 0 Å². The average molecular weight is 413 g/mol. The number of nitrogens with zero attached hydrogens (tertiary/aromatic N) is 1. The molecule has 9 nitrogen and oxygen atoms in total. The van der Waals surface area contributed by atoms with Crippen LogP contribution in [0.15, 0.2) is 0 Å². The van der Waals surface area contributed by atoms with Crippen molar-refractivity contribution in [2.75, 3.05) is 13.1 Å². The number of hydrogen-bond donors (Lipinski definition) is 2. The van der Waals surface area contributed by atoms with Crippen molar-refractivity contribution in [3.8, 4) is 0 Å². The van der Waals surface area contributed by atoms with Crippen molar-refractivity contribution in [1.29, 1.82) is 0 Å². The largest absolute Gasteiger partial charge is 0.548 e. The number of aliphatic carboxylic acids is 1. The first-order valence-electron chi connectivity index (χ1n) is 10.1. The minimum atomic E-state index is -1.34. The van der Waals surface area contributed by atoms with Crippen LogP contribution >= 0.6 is 0 Å². The van der Waals surface area contributed by atoms with Gasteiger partial charge >= 0.3 is 6.09 Å². The Morgan fingerprint density at radius 3 is 2.10 bits per heavy atom. The molecule has 0 aromatic rings. The maximum Gasteiger partial charge on any atom is 0.408 e. The quantitative estimate of drug-likeness (QED) is 0.624. The summed E-state index contributed by atoms with van der Waals surface area (Å²) < 4.78 is 5.28. The van der Waals surface area contributed by atoms with E-state index in [4.69, 9.17) is 4.74 Å². The third-order valence-electron chi connectivity index (χ3n) is 5.04. The van der Waals surface area contributed by atoms with Crippen LogP contribution in [0.3, 0.4) is 0 Å². The Morgan fingerprint density at radius 2 is 1.66 bits per heavy atom. The Balaban J connectivity index is 2.69. The Morgan fingerprint density at radius 1 is 1.10 bits per heavy atom. The number of carboxylic acid groups (broad SMARTS) is 1. The molecular formula is C20H34N3O6-. The Hall–Kier alpha value is -2.32. The number of hydrogen-bond acceptors (Lipinski definition) is 6. The first-order valence-corrected chi connectivity index (χ1v) is 10.1. The zero-order valence-corrected chi connectivity index (χ0v) is 18.2. The van der Waals surface area contributed by atoms with Gasteiger partial charge in [0.25, 0.3) is 0 Å². The third-order valence-corrected chi connectivity index (χ3v) is 5.04. The van der Waals surface area contributed by atoms with Crippen molar-refractivity contribution in [3.63, 3.8) is 0 Å². The van der Waals surface area contributed by atoms with Gasteiger partial charge in [-0.05, 0) is 46.5 Å². The molecule has 0 aromatic heterocycles.